The van der Waals surface area contributed by atoms with Gasteiger partial charge in [-0.05, 0) is 46.0 Å². The first-order valence-corrected chi connectivity index (χ1v) is 8.40. The first-order valence-electron chi connectivity index (χ1n) is 8.40. The van der Waals surface area contributed by atoms with Crippen LogP contribution in [0.3, 0.4) is 0 Å². The molecule has 0 spiro atoms. The Morgan fingerprint density at radius 3 is 2.81 bits per heavy atom. The summed E-state index contributed by atoms with van der Waals surface area (Å²) in [5.74, 6) is 2.00. The predicted molar refractivity (Wildman–Crippen MR) is 84.0 cm³/mol. The molecule has 1 aliphatic carbocycles. The van der Waals surface area contributed by atoms with Crippen molar-refractivity contribution in [2.24, 2.45) is 5.92 Å². The Morgan fingerprint density at radius 2 is 2.19 bits per heavy atom. The second kappa shape index (κ2) is 5.69. The lowest BCUT2D eigenvalue weighted by molar-refractivity contribution is 0.0333. The Labute approximate surface area is 128 Å². The first-order chi connectivity index (χ1) is 10.0. The van der Waals surface area contributed by atoms with Crippen LogP contribution in [0.5, 0.6) is 0 Å². The molecule has 21 heavy (non-hydrogen) atoms. The topological polar surface area (TPSA) is 46.0 Å². The van der Waals surface area contributed by atoms with Crippen molar-refractivity contribution in [1.82, 2.24) is 25.0 Å². The monoisotopic (exact) mass is 291 g/mol. The zero-order valence-electron chi connectivity index (χ0n) is 13.8. The molecule has 0 amide bonds. The summed E-state index contributed by atoms with van der Waals surface area (Å²) in [6.45, 7) is 12.1. The van der Waals surface area contributed by atoms with Gasteiger partial charge in [0.15, 0.2) is 0 Å². The molecule has 1 saturated heterocycles. The van der Waals surface area contributed by atoms with Crippen LogP contribution in [0.1, 0.15) is 58.8 Å². The summed E-state index contributed by atoms with van der Waals surface area (Å²) in [5.41, 5.74) is 0.221. The highest BCUT2D eigenvalue weighted by Gasteiger charge is 2.42. The van der Waals surface area contributed by atoms with Crippen molar-refractivity contribution in [3.63, 3.8) is 0 Å². The van der Waals surface area contributed by atoms with E-state index in [0.29, 0.717) is 12.1 Å². The van der Waals surface area contributed by atoms with Gasteiger partial charge in [-0.15, -0.1) is 0 Å². The zero-order chi connectivity index (χ0) is 15.0. The Hall–Kier alpha value is -0.940. The molecule has 2 fully saturated rings. The second-order valence-electron chi connectivity index (χ2n) is 7.27. The highest BCUT2D eigenvalue weighted by atomic mass is 15.4. The summed E-state index contributed by atoms with van der Waals surface area (Å²) in [5, 5.41) is 8.17. The minimum absolute atomic E-state index is 0.221. The van der Waals surface area contributed by atoms with E-state index < -0.39 is 0 Å². The molecule has 1 aromatic rings. The van der Waals surface area contributed by atoms with E-state index in [4.69, 9.17) is 0 Å². The summed E-state index contributed by atoms with van der Waals surface area (Å²) < 4.78 is 2.06. The molecule has 2 unspecified atom stereocenters. The fourth-order valence-electron chi connectivity index (χ4n) is 3.39. The van der Waals surface area contributed by atoms with Crippen LogP contribution in [-0.2, 0) is 6.54 Å². The van der Waals surface area contributed by atoms with E-state index in [1.54, 1.807) is 6.33 Å². The largest absolute Gasteiger partial charge is 0.311 e. The zero-order valence-corrected chi connectivity index (χ0v) is 13.8. The van der Waals surface area contributed by atoms with Gasteiger partial charge in [-0.25, -0.2) is 9.67 Å². The summed E-state index contributed by atoms with van der Waals surface area (Å²) in [4.78, 5) is 7.14. The molecule has 3 rings (SSSR count). The minimum atomic E-state index is 0.221. The second-order valence-corrected chi connectivity index (χ2v) is 7.27. The van der Waals surface area contributed by atoms with E-state index in [1.807, 2.05) is 0 Å². The van der Waals surface area contributed by atoms with Gasteiger partial charge in [-0.1, -0.05) is 6.92 Å². The normalized spacial score (nSPS) is 31.0. The van der Waals surface area contributed by atoms with E-state index in [2.05, 4.69) is 52.7 Å². The number of nitrogens with zero attached hydrogens (tertiary/aromatic N) is 4. The predicted octanol–water partition coefficient (Wildman–Crippen LogP) is 2.21. The van der Waals surface area contributed by atoms with Gasteiger partial charge in [0, 0.05) is 30.7 Å². The highest BCUT2D eigenvalue weighted by molar-refractivity contribution is 5.01. The molecule has 1 aliphatic heterocycles. The van der Waals surface area contributed by atoms with Crippen LogP contribution in [-0.4, -0.2) is 44.3 Å². The summed E-state index contributed by atoms with van der Waals surface area (Å²) in [7, 11) is 0. The van der Waals surface area contributed by atoms with E-state index in [9.17, 15) is 0 Å². The molecule has 1 N–H and O–H groups in total. The van der Waals surface area contributed by atoms with Crippen molar-refractivity contribution >= 4 is 0 Å². The van der Waals surface area contributed by atoms with Gasteiger partial charge in [-0.3, -0.25) is 4.90 Å². The molecule has 0 radical (unpaired) electrons. The number of piperazine rings is 1. The number of nitrogens with one attached hydrogen (secondary N) is 1. The minimum Gasteiger partial charge on any atom is -0.311 e. The maximum atomic E-state index is 4.51. The lowest BCUT2D eigenvalue weighted by atomic mass is 9.91. The van der Waals surface area contributed by atoms with Crippen LogP contribution >= 0.6 is 0 Å². The van der Waals surface area contributed by atoms with Crippen molar-refractivity contribution in [2.75, 3.05) is 13.1 Å². The number of rotatable bonds is 5. The van der Waals surface area contributed by atoms with Crippen LogP contribution in [0.2, 0.25) is 0 Å². The van der Waals surface area contributed by atoms with Crippen LogP contribution in [0.25, 0.3) is 0 Å². The van der Waals surface area contributed by atoms with Gasteiger partial charge in [0.25, 0.3) is 0 Å². The molecule has 1 saturated carbocycles. The Morgan fingerprint density at radius 1 is 1.43 bits per heavy atom. The van der Waals surface area contributed by atoms with E-state index >= 15 is 0 Å². The molecule has 2 heterocycles. The Kier molecular flexibility index (Phi) is 4.06. The van der Waals surface area contributed by atoms with Gasteiger partial charge in [0.2, 0.25) is 0 Å². The van der Waals surface area contributed by atoms with Gasteiger partial charge in [0.1, 0.15) is 12.2 Å². The van der Waals surface area contributed by atoms with Gasteiger partial charge >= 0.3 is 0 Å². The molecular formula is C16H29N5. The lowest BCUT2D eigenvalue weighted by Gasteiger charge is -2.48. The average Bonchev–Trinajstić information content (AvgIpc) is 3.20. The molecule has 2 aliphatic rings. The smallest absolute Gasteiger partial charge is 0.141 e. The standard InChI is InChI=1S/C16H29N5/c1-5-16(4)10-17-14(13-6-7-13)8-20(16)9-15-18-11-19-21(15)12(2)3/h11-14,17H,5-10H2,1-4H3. The third-order valence-corrected chi connectivity index (χ3v) is 5.35. The third kappa shape index (κ3) is 2.99. The van der Waals surface area contributed by atoms with Crippen molar-refractivity contribution < 1.29 is 0 Å². The van der Waals surface area contributed by atoms with Gasteiger partial charge in [-0.2, -0.15) is 5.10 Å². The SMILES string of the molecule is CCC1(C)CNC(C2CC2)CN1Cc1ncnn1C(C)C. The van der Waals surface area contributed by atoms with Crippen LogP contribution < -0.4 is 5.32 Å². The van der Waals surface area contributed by atoms with Crippen LogP contribution in [0, 0.1) is 5.92 Å². The number of hydrogen-bond donors (Lipinski definition) is 1. The summed E-state index contributed by atoms with van der Waals surface area (Å²) in [6.07, 6.45) is 5.65. The average molecular weight is 291 g/mol. The van der Waals surface area contributed by atoms with E-state index in [0.717, 1.165) is 37.8 Å². The fraction of sp³-hybridized carbons (Fsp3) is 0.875. The number of aromatic nitrogens is 3. The summed E-state index contributed by atoms with van der Waals surface area (Å²) >= 11 is 0. The maximum absolute atomic E-state index is 4.51. The Balaban J connectivity index is 1.77. The molecule has 118 valence electrons. The molecule has 0 aromatic carbocycles. The quantitative estimate of drug-likeness (QED) is 0.903. The molecular weight excluding hydrogens is 262 g/mol. The lowest BCUT2D eigenvalue weighted by Crippen LogP contribution is -2.63. The molecule has 2 atom stereocenters. The third-order valence-electron chi connectivity index (χ3n) is 5.35. The van der Waals surface area contributed by atoms with E-state index in [-0.39, 0.29) is 5.54 Å². The number of hydrogen-bond acceptors (Lipinski definition) is 4. The fourth-order valence-corrected chi connectivity index (χ4v) is 3.39. The van der Waals surface area contributed by atoms with E-state index in [1.165, 1.54) is 12.8 Å². The first kappa shape index (κ1) is 15.0. The molecule has 0 bridgehead atoms. The maximum Gasteiger partial charge on any atom is 0.141 e. The van der Waals surface area contributed by atoms with Gasteiger partial charge < -0.3 is 5.32 Å². The van der Waals surface area contributed by atoms with Crippen molar-refractivity contribution in [2.45, 2.75) is 71.1 Å². The van der Waals surface area contributed by atoms with Gasteiger partial charge in [0.05, 0.1) is 6.54 Å². The van der Waals surface area contributed by atoms with Crippen LogP contribution in [0.15, 0.2) is 6.33 Å². The highest BCUT2D eigenvalue weighted by Crippen LogP contribution is 2.36. The van der Waals surface area contributed by atoms with Crippen molar-refractivity contribution in [3.05, 3.63) is 12.2 Å². The van der Waals surface area contributed by atoms with Crippen molar-refractivity contribution in [1.29, 1.82) is 0 Å². The van der Waals surface area contributed by atoms with Crippen molar-refractivity contribution in [3.8, 4) is 0 Å². The van der Waals surface area contributed by atoms with Crippen LogP contribution in [0.4, 0.5) is 0 Å². The molecule has 1 aromatic heterocycles. The Bertz CT molecular complexity index is 479. The molecule has 5 heteroatoms. The summed E-state index contributed by atoms with van der Waals surface area (Å²) in [6, 6.07) is 1.04. The molecule has 5 nitrogen and oxygen atoms in total.